The molecule has 0 saturated heterocycles. The summed E-state index contributed by atoms with van der Waals surface area (Å²) in [6, 6.07) is 0.483. The Morgan fingerprint density at radius 1 is 1.42 bits per heavy atom. The molecular weight excluding hydrogens is 260 g/mol. The maximum Gasteiger partial charge on any atom is 0.298 e. The number of nitro benzene ring substituents is 1. The maximum absolute atomic E-state index is 13.5. The Morgan fingerprint density at radius 2 is 2.00 bits per heavy atom. The lowest BCUT2D eigenvalue weighted by Gasteiger charge is -2.15. The van der Waals surface area contributed by atoms with Crippen LogP contribution in [-0.2, 0) is 4.79 Å². The van der Waals surface area contributed by atoms with Crippen LogP contribution in [0, 0.1) is 27.7 Å². The van der Waals surface area contributed by atoms with Crippen LogP contribution in [0.2, 0.25) is 0 Å². The molecule has 2 atom stereocenters. The average molecular weight is 273 g/mol. The minimum atomic E-state index is -1.21. The summed E-state index contributed by atoms with van der Waals surface area (Å²) in [7, 11) is 0. The Balaban J connectivity index is 3.14. The number of halogens is 2. The normalized spacial score (nSPS) is 13.7. The van der Waals surface area contributed by atoms with Gasteiger partial charge in [0.1, 0.15) is 5.82 Å². The first-order valence-corrected chi connectivity index (χ1v) is 5.44. The molecule has 0 spiro atoms. The van der Waals surface area contributed by atoms with Crippen LogP contribution in [0.1, 0.15) is 13.8 Å². The second kappa shape index (κ2) is 5.70. The number of hydrogen-bond acceptors (Lipinski definition) is 4. The second-order valence-electron chi connectivity index (χ2n) is 4.18. The third-order valence-corrected chi connectivity index (χ3v) is 2.68. The highest BCUT2D eigenvalue weighted by Crippen LogP contribution is 2.29. The molecule has 1 aromatic carbocycles. The predicted octanol–water partition coefficient (Wildman–Crippen LogP) is 1.79. The largest absolute Gasteiger partial charge is 0.327 e. The van der Waals surface area contributed by atoms with Crippen LogP contribution in [0.4, 0.5) is 20.2 Å². The summed E-state index contributed by atoms with van der Waals surface area (Å²) in [6.45, 7) is 3.06. The van der Waals surface area contributed by atoms with Crippen molar-refractivity contribution in [1.29, 1.82) is 0 Å². The molecule has 1 amide bonds. The molecule has 0 radical (unpaired) electrons. The molecule has 8 heteroatoms. The van der Waals surface area contributed by atoms with Gasteiger partial charge in [0.25, 0.3) is 5.69 Å². The molecule has 1 rings (SSSR count). The number of rotatable bonds is 4. The fourth-order valence-corrected chi connectivity index (χ4v) is 1.30. The summed E-state index contributed by atoms with van der Waals surface area (Å²) in [5.41, 5.74) is 3.99. The molecular formula is C11H13F2N3O3. The lowest BCUT2D eigenvalue weighted by molar-refractivity contribution is -0.384. The third kappa shape index (κ3) is 3.44. The number of carbonyl (C=O) groups is 1. The molecule has 0 aliphatic rings. The van der Waals surface area contributed by atoms with E-state index in [-0.39, 0.29) is 0 Å². The van der Waals surface area contributed by atoms with Gasteiger partial charge in [-0.15, -0.1) is 0 Å². The monoisotopic (exact) mass is 273 g/mol. The van der Waals surface area contributed by atoms with E-state index >= 15 is 0 Å². The fraction of sp³-hybridized carbons (Fsp3) is 0.364. The van der Waals surface area contributed by atoms with Crippen molar-refractivity contribution >= 4 is 17.3 Å². The van der Waals surface area contributed by atoms with Gasteiger partial charge in [-0.2, -0.15) is 0 Å². The minimum absolute atomic E-state index is 0.457. The minimum Gasteiger partial charge on any atom is -0.327 e. The van der Waals surface area contributed by atoms with E-state index < -0.39 is 45.8 Å². The third-order valence-electron chi connectivity index (χ3n) is 2.68. The van der Waals surface area contributed by atoms with Gasteiger partial charge in [0.2, 0.25) is 5.91 Å². The van der Waals surface area contributed by atoms with Crippen LogP contribution >= 0.6 is 0 Å². The van der Waals surface area contributed by atoms with Gasteiger partial charge in [-0.3, -0.25) is 14.9 Å². The van der Waals surface area contributed by atoms with Crippen LogP contribution in [0.5, 0.6) is 0 Å². The lowest BCUT2D eigenvalue weighted by atomic mass is 10.0. The van der Waals surface area contributed by atoms with Crippen molar-refractivity contribution < 1.29 is 18.5 Å². The van der Waals surface area contributed by atoms with Crippen LogP contribution in [0.3, 0.4) is 0 Å². The van der Waals surface area contributed by atoms with Crippen molar-refractivity contribution in [2.45, 2.75) is 19.9 Å². The number of nitro groups is 1. The molecule has 0 saturated carbocycles. The quantitative estimate of drug-likeness (QED) is 0.645. The Bertz CT molecular complexity index is 520. The molecule has 0 heterocycles. The number of anilines is 1. The zero-order chi connectivity index (χ0) is 14.7. The Morgan fingerprint density at radius 3 is 2.47 bits per heavy atom. The molecule has 2 unspecified atom stereocenters. The maximum atomic E-state index is 13.5. The van der Waals surface area contributed by atoms with Gasteiger partial charge < -0.3 is 11.1 Å². The molecule has 0 aromatic heterocycles. The van der Waals surface area contributed by atoms with Gasteiger partial charge in [0.15, 0.2) is 11.5 Å². The average Bonchev–Trinajstić information content (AvgIpc) is 2.30. The second-order valence-corrected chi connectivity index (χ2v) is 4.18. The van der Waals surface area contributed by atoms with Crippen molar-refractivity contribution in [1.82, 2.24) is 0 Å². The Kier molecular flexibility index (Phi) is 4.49. The first kappa shape index (κ1) is 15.0. The smallest absolute Gasteiger partial charge is 0.298 e. The van der Waals surface area contributed by atoms with E-state index in [4.69, 9.17) is 5.73 Å². The summed E-state index contributed by atoms with van der Waals surface area (Å²) >= 11 is 0. The SMILES string of the molecule is CC(N)C(C)C(=O)Nc1c(F)cc(F)cc1[N+](=O)[O-]. The number of nitrogens with two attached hydrogens (primary N) is 1. The highest BCUT2D eigenvalue weighted by molar-refractivity contribution is 5.95. The first-order chi connectivity index (χ1) is 8.73. The molecule has 0 aliphatic carbocycles. The van der Waals surface area contributed by atoms with E-state index in [1.54, 1.807) is 6.92 Å². The summed E-state index contributed by atoms with van der Waals surface area (Å²) in [5, 5.41) is 12.8. The van der Waals surface area contributed by atoms with Crippen LogP contribution in [-0.4, -0.2) is 16.9 Å². The Labute approximate surface area is 107 Å². The van der Waals surface area contributed by atoms with Gasteiger partial charge in [0.05, 0.1) is 16.9 Å². The number of benzene rings is 1. The molecule has 3 N–H and O–H groups in total. The number of carbonyl (C=O) groups excluding carboxylic acids is 1. The number of nitrogens with one attached hydrogen (secondary N) is 1. The first-order valence-electron chi connectivity index (χ1n) is 5.44. The van der Waals surface area contributed by atoms with E-state index in [0.717, 1.165) is 0 Å². The number of nitrogens with zero attached hydrogens (tertiary/aromatic N) is 1. The van der Waals surface area contributed by atoms with Crippen LogP contribution in [0.15, 0.2) is 12.1 Å². The topological polar surface area (TPSA) is 98.3 Å². The van der Waals surface area contributed by atoms with Crippen molar-refractivity contribution in [3.05, 3.63) is 33.9 Å². The van der Waals surface area contributed by atoms with Crippen LogP contribution < -0.4 is 11.1 Å². The standard InChI is InChI=1S/C11H13F2N3O3/c1-5(6(2)14)11(17)15-10-8(13)3-7(12)4-9(10)16(18)19/h3-6H,14H2,1-2H3,(H,15,17). The van der Waals surface area contributed by atoms with Crippen molar-refractivity contribution in [2.75, 3.05) is 5.32 Å². The summed E-state index contributed by atoms with van der Waals surface area (Å²) in [4.78, 5) is 21.4. The summed E-state index contributed by atoms with van der Waals surface area (Å²) in [5.74, 6) is -3.66. The van der Waals surface area contributed by atoms with Gasteiger partial charge in [-0.25, -0.2) is 8.78 Å². The van der Waals surface area contributed by atoms with E-state index in [2.05, 4.69) is 5.32 Å². The van der Waals surface area contributed by atoms with Crippen LogP contribution in [0.25, 0.3) is 0 Å². The van der Waals surface area contributed by atoms with Gasteiger partial charge in [0, 0.05) is 12.1 Å². The van der Waals surface area contributed by atoms with Gasteiger partial charge in [-0.1, -0.05) is 6.92 Å². The lowest BCUT2D eigenvalue weighted by Crippen LogP contribution is -2.34. The number of amides is 1. The molecule has 104 valence electrons. The van der Waals surface area contributed by atoms with E-state index in [1.807, 2.05) is 0 Å². The molecule has 6 nitrogen and oxygen atoms in total. The molecule has 0 bridgehead atoms. The highest BCUT2D eigenvalue weighted by Gasteiger charge is 2.25. The van der Waals surface area contributed by atoms with Crippen molar-refractivity contribution in [3.8, 4) is 0 Å². The van der Waals surface area contributed by atoms with E-state index in [0.29, 0.717) is 12.1 Å². The number of hydrogen-bond donors (Lipinski definition) is 2. The van der Waals surface area contributed by atoms with E-state index in [9.17, 15) is 23.7 Å². The summed E-state index contributed by atoms with van der Waals surface area (Å²) < 4.78 is 26.4. The molecule has 1 aromatic rings. The highest BCUT2D eigenvalue weighted by atomic mass is 19.1. The predicted molar refractivity (Wildman–Crippen MR) is 64.5 cm³/mol. The van der Waals surface area contributed by atoms with Crippen molar-refractivity contribution in [2.24, 2.45) is 11.7 Å². The molecule has 19 heavy (non-hydrogen) atoms. The molecule has 0 aliphatic heterocycles. The van der Waals surface area contributed by atoms with Crippen molar-refractivity contribution in [3.63, 3.8) is 0 Å². The van der Waals surface area contributed by atoms with E-state index in [1.165, 1.54) is 6.92 Å². The zero-order valence-electron chi connectivity index (χ0n) is 10.3. The summed E-state index contributed by atoms with van der Waals surface area (Å²) in [6.07, 6.45) is 0. The van der Waals surface area contributed by atoms with Gasteiger partial charge in [-0.05, 0) is 6.92 Å². The van der Waals surface area contributed by atoms with Gasteiger partial charge >= 0.3 is 0 Å². The zero-order valence-corrected chi connectivity index (χ0v) is 10.3. The Hall–Kier alpha value is -2.09. The molecule has 0 fully saturated rings. The fourth-order valence-electron chi connectivity index (χ4n) is 1.30.